The van der Waals surface area contributed by atoms with Crippen LogP contribution in [0.5, 0.6) is 0 Å². The Kier molecular flexibility index (Phi) is 7.58. The Morgan fingerprint density at radius 2 is 1.82 bits per heavy atom. The number of nitrogens with zero attached hydrogens (tertiary/aromatic N) is 2. The average molecular weight is 305 g/mol. The minimum absolute atomic E-state index is 0.280. The van der Waals surface area contributed by atoms with E-state index in [9.17, 15) is 9.59 Å². The molecule has 0 saturated carbocycles. The van der Waals surface area contributed by atoms with Gasteiger partial charge in [0.2, 0.25) is 5.91 Å². The van der Waals surface area contributed by atoms with Crippen LogP contribution in [0.3, 0.4) is 0 Å². The van der Waals surface area contributed by atoms with Gasteiger partial charge >= 0.3 is 5.97 Å². The van der Waals surface area contributed by atoms with Crippen LogP contribution in [0.15, 0.2) is 55.0 Å². The molecule has 0 aliphatic rings. The lowest BCUT2D eigenvalue weighted by Crippen LogP contribution is -2.47. The molecule has 0 aliphatic carbocycles. The summed E-state index contributed by atoms with van der Waals surface area (Å²) in [5.41, 5.74) is -0.537. The molecule has 0 rings (SSSR count). The maximum atomic E-state index is 11.8. The predicted octanol–water partition coefficient (Wildman–Crippen LogP) is 2.13. The van der Waals surface area contributed by atoms with Crippen molar-refractivity contribution < 1.29 is 14.3 Å². The number of rotatable bonds is 7. The third kappa shape index (κ3) is 5.40. The fourth-order valence-electron chi connectivity index (χ4n) is 1.57. The first-order chi connectivity index (χ1) is 10.2. The van der Waals surface area contributed by atoms with Crippen molar-refractivity contribution in [2.75, 3.05) is 7.11 Å². The topological polar surface area (TPSA) is 71.0 Å². The van der Waals surface area contributed by atoms with E-state index in [1.807, 2.05) is 0 Å². The summed E-state index contributed by atoms with van der Waals surface area (Å²) in [4.78, 5) is 28.7. The van der Waals surface area contributed by atoms with Crippen molar-refractivity contribution in [2.24, 2.45) is 4.99 Å². The summed E-state index contributed by atoms with van der Waals surface area (Å²) in [6.07, 6.45) is 5.69. The van der Waals surface area contributed by atoms with Crippen molar-refractivity contribution in [1.29, 1.82) is 0 Å². The number of methoxy groups -OCH3 is 1. The molecule has 0 saturated heterocycles. The van der Waals surface area contributed by atoms with Crippen LogP contribution in [0.4, 0.5) is 0 Å². The molecule has 22 heavy (non-hydrogen) atoms. The molecule has 6 heteroatoms. The lowest BCUT2D eigenvalue weighted by molar-refractivity contribution is -0.146. The third-order valence-electron chi connectivity index (χ3n) is 2.63. The van der Waals surface area contributed by atoms with Crippen LogP contribution in [0.25, 0.3) is 0 Å². The first kappa shape index (κ1) is 19.4. The lowest BCUT2D eigenvalue weighted by atomic mass is 10.1. The molecule has 0 spiro atoms. The molecule has 0 bridgehead atoms. The zero-order valence-electron chi connectivity index (χ0n) is 13.5. The fraction of sp³-hybridized carbons (Fsp3) is 0.312. The van der Waals surface area contributed by atoms with Gasteiger partial charge in [0.15, 0.2) is 0 Å². The van der Waals surface area contributed by atoms with E-state index < -0.39 is 11.5 Å². The summed E-state index contributed by atoms with van der Waals surface area (Å²) in [6.45, 7) is 15.5. The number of nitrogens with one attached hydrogen (secondary N) is 1. The maximum Gasteiger partial charge on any atom is 0.330 e. The fourth-order valence-corrected chi connectivity index (χ4v) is 1.57. The van der Waals surface area contributed by atoms with Gasteiger partial charge in [0.1, 0.15) is 11.4 Å². The normalized spacial score (nSPS) is 12.2. The van der Waals surface area contributed by atoms with Gasteiger partial charge in [0.05, 0.1) is 12.8 Å². The van der Waals surface area contributed by atoms with Crippen LogP contribution in [0.1, 0.15) is 20.8 Å². The molecule has 0 heterocycles. The van der Waals surface area contributed by atoms with Gasteiger partial charge in [-0.15, -0.1) is 0 Å². The number of esters is 1. The van der Waals surface area contributed by atoms with E-state index >= 15 is 0 Å². The van der Waals surface area contributed by atoms with Crippen molar-refractivity contribution in [3.8, 4) is 0 Å². The number of amidine groups is 1. The second-order valence-electron chi connectivity index (χ2n) is 4.79. The number of hydrogen-bond acceptors (Lipinski definition) is 5. The molecule has 0 fully saturated rings. The largest absolute Gasteiger partial charge is 0.467 e. The molecular formula is C16H23N3O3. The molecule has 0 atom stereocenters. The number of hydrogen-bond donors (Lipinski definition) is 1. The summed E-state index contributed by atoms with van der Waals surface area (Å²) in [7, 11) is 1.30. The third-order valence-corrected chi connectivity index (χ3v) is 2.63. The van der Waals surface area contributed by atoms with Crippen LogP contribution < -0.4 is 5.32 Å². The average Bonchev–Trinajstić information content (AvgIpc) is 2.47. The minimum atomic E-state index is -0.985. The van der Waals surface area contributed by atoms with Gasteiger partial charge in [-0.25, -0.2) is 9.79 Å². The molecule has 1 N–H and O–H groups in total. The van der Waals surface area contributed by atoms with Crippen molar-refractivity contribution in [1.82, 2.24) is 10.2 Å². The Labute approximate surface area is 131 Å². The van der Waals surface area contributed by atoms with Gasteiger partial charge in [-0.3, -0.25) is 9.69 Å². The quantitative estimate of drug-likeness (QED) is 0.338. The van der Waals surface area contributed by atoms with Crippen LogP contribution in [0.2, 0.25) is 0 Å². The second-order valence-corrected chi connectivity index (χ2v) is 4.79. The standard InChI is InChI=1S/C16H23N3O3/c1-8-13(18-16(5,6)15(21)22-7)11-19(12(4)20)14(9-2)17-10-3/h8-11,18H,1-3H2,4-7H3/b13-11+,17-14?. The first-order valence-corrected chi connectivity index (χ1v) is 6.55. The molecule has 120 valence electrons. The Balaban J connectivity index is 5.63. The van der Waals surface area contributed by atoms with E-state index in [1.54, 1.807) is 13.8 Å². The Morgan fingerprint density at radius 1 is 1.23 bits per heavy atom. The highest BCUT2D eigenvalue weighted by atomic mass is 16.5. The minimum Gasteiger partial charge on any atom is -0.467 e. The molecule has 0 aliphatic heterocycles. The molecule has 0 aromatic rings. The van der Waals surface area contributed by atoms with Crippen LogP contribution in [0, 0.1) is 0 Å². The lowest BCUT2D eigenvalue weighted by Gasteiger charge is -2.26. The first-order valence-electron chi connectivity index (χ1n) is 6.55. The molecule has 0 unspecified atom stereocenters. The number of allylic oxidation sites excluding steroid dienone is 1. The van der Waals surface area contributed by atoms with E-state index in [-0.39, 0.29) is 5.91 Å². The van der Waals surface area contributed by atoms with Gasteiger partial charge in [0.25, 0.3) is 0 Å². The number of amides is 1. The van der Waals surface area contributed by atoms with Crippen molar-refractivity contribution >= 4 is 17.7 Å². The second kappa shape index (κ2) is 8.61. The Bertz CT molecular complexity index is 531. The summed E-state index contributed by atoms with van der Waals surface area (Å²) in [6, 6.07) is 0. The predicted molar refractivity (Wildman–Crippen MR) is 87.9 cm³/mol. The van der Waals surface area contributed by atoms with E-state index in [0.717, 1.165) is 0 Å². The van der Waals surface area contributed by atoms with Crippen molar-refractivity contribution in [2.45, 2.75) is 26.3 Å². The van der Waals surface area contributed by atoms with E-state index in [0.29, 0.717) is 11.5 Å². The molecule has 1 amide bonds. The number of carbonyl (C=O) groups excluding carboxylic acids is 2. The molecule has 6 nitrogen and oxygen atoms in total. The maximum absolute atomic E-state index is 11.8. The van der Waals surface area contributed by atoms with Gasteiger partial charge in [-0.2, -0.15) is 0 Å². The number of aliphatic imine (C=N–C) groups is 1. The van der Waals surface area contributed by atoms with Gasteiger partial charge in [-0.1, -0.05) is 19.7 Å². The van der Waals surface area contributed by atoms with Crippen LogP contribution >= 0.6 is 0 Å². The van der Waals surface area contributed by atoms with Crippen molar-refractivity contribution in [3.63, 3.8) is 0 Å². The summed E-state index contributed by atoms with van der Waals surface area (Å²) in [5.74, 6) is -0.421. The summed E-state index contributed by atoms with van der Waals surface area (Å²) < 4.78 is 4.72. The zero-order valence-corrected chi connectivity index (χ0v) is 13.5. The SMILES string of the molecule is C=CN=C(C=C)N(/C=C(\C=C)NC(C)(C)C(=O)OC)C(C)=O. The number of ether oxygens (including phenoxy) is 1. The van der Waals surface area contributed by atoms with E-state index in [2.05, 4.69) is 30.0 Å². The number of carbonyl (C=O) groups is 2. The highest BCUT2D eigenvalue weighted by molar-refractivity contribution is 6.04. The smallest absolute Gasteiger partial charge is 0.330 e. The zero-order chi connectivity index (χ0) is 17.3. The van der Waals surface area contributed by atoms with Crippen LogP contribution in [-0.2, 0) is 14.3 Å². The van der Waals surface area contributed by atoms with Crippen LogP contribution in [-0.4, -0.2) is 35.3 Å². The van der Waals surface area contributed by atoms with Gasteiger partial charge in [0, 0.05) is 19.3 Å². The molecule has 0 radical (unpaired) electrons. The summed E-state index contributed by atoms with van der Waals surface area (Å²) in [5, 5.41) is 2.96. The summed E-state index contributed by atoms with van der Waals surface area (Å²) >= 11 is 0. The van der Waals surface area contributed by atoms with E-state index in [1.165, 1.54) is 43.5 Å². The highest BCUT2D eigenvalue weighted by Crippen LogP contribution is 2.10. The Hall–Kier alpha value is -2.63. The monoisotopic (exact) mass is 305 g/mol. The highest BCUT2D eigenvalue weighted by Gasteiger charge is 2.29. The van der Waals surface area contributed by atoms with Gasteiger partial charge < -0.3 is 10.1 Å². The molecule has 0 aromatic carbocycles. The Morgan fingerprint density at radius 3 is 2.18 bits per heavy atom. The van der Waals surface area contributed by atoms with E-state index in [4.69, 9.17) is 4.74 Å². The molecular weight excluding hydrogens is 282 g/mol. The molecule has 0 aromatic heterocycles. The van der Waals surface area contributed by atoms with Crippen molar-refractivity contribution in [3.05, 3.63) is 50.0 Å². The van der Waals surface area contributed by atoms with Gasteiger partial charge in [-0.05, 0) is 26.0 Å².